The molecule has 2 rings (SSSR count). The highest BCUT2D eigenvalue weighted by molar-refractivity contribution is 5.74. The lowest BCUT2D eigenvalue weighted by molar-refractivity contribution is -0.00500. The summed E-state index contributed by atoms with van der Waals surface area (Å²) in [5.41, 5.74) is -0.0368. The molecule has 5 heteroatoms. The van der Waals surface area contributed by atoms with Crippen LogP contribution in [0.3, 0.4) is 0 Å². The first-order chi connectivity index (χ1) is 9.52. The molecule has 0 spiro atoms. The molecule has 1 aliphatic heterocycles. The third-order valence-corrected chi connectivity index (χ3v) is 4.85. The predicted molar refractivity (Wildman–Crippen MR) is 76.1 cm³/mol. The van der Waals surface area contributed by atoms with Crippen molar-refractivity contribution in [2.24, 2.45) is 5.41 Å². The molecule has 1 saturated carbocycles. The summed E-state index contributed by atoms with van der Waals surface area (Å²) in [4.78, 5) is 14.1. The number of rotatable bonds is 4. The fraction of sp³-hybridized carbons (Fsp3) is 0.867. The first-order valence-electron chi connectivity index (χ1n) is 7.47. The van der Waals surface area contributed by atoms with Gasteiger partial charge in [-0.15, -0.1) is 0 Å². The van der Waals surface area contributed by atoms with E-state index in [-0.39, 0.29) is 17.0 Å². The molecule has 1 aliphatic carbocycles. The van der Waals surface area contributed by atoms with Gasteiger partial charge in [0.05, 0.1) is 11.7 Å². The lowest BCUT2D eigenvalue weighted by Crippen LogP contribution is -2.43. The van der Waals surface area contributed by atoms with Gasteiger partial charge in [0, 0.05) is 38.6 Å². The number of hydrogen-bond acceptors (Lipinski definition) is 3. The summed E-state index contributed by atoms with van der Waals surface area (Å²) in [6.45, 7) is 4.27. The first kappa shape index (κ1) is 15.1. The maximum Gasteiger partial charge on any atom is 0.317 e. The molecule has 0 aromatic heterocycles. The zero-order chi connectivity index (χ0) is 14.6. The zero-order valence-electron chi connectivity index (χ0n) is 12.6. The van der Waals surface area contributed by atoms with Gasteiger partial charge in [-0.3, -0.25) is 0 Å². The lowest BCUT2D eigenvalue weighted by Gasteiger charge is -2.27. The predicted octanol–water partition coefficient (Wildman–Crippen LogP) is 2.28. The number of nitrogens with zero attached hydrogens (tertiary/aromatic N) is 2. The summed E-state index contributed by atoms with van der Waals surface area (Å²) in [5.74, 6) is 0. The van der Waals surface area contributed by atoms with Gasteiger partial charge >= 0.3 is 6.03 Å². The quantitative estimate of drug-likeness (QED) is 0.858. The van der Waals surface area contributed by atoms with E-state index in [2.05, 4.69) is 18.3 Å². The van der Waals surface area contributed by atoms with E-state index in [0.29, 0.717) is 13.0 Å². The summed E-state index contributed by atoms with van der Waals surface area (Å²) in [6.07, 6.45) is 5.51. The normalized spacial score (nSPS) is 28.4. The van der Waals surface area contributed by atoms with E-state index in [1.54, 1.807) is 7.11 Å². The minimum absolute atomic E-state index is 0.00886. The number of methoxy groups -OCH3 is 1. The average molecular weight is 279 g/mol. The molecule has 1 saturated heterocycles. The molecular weight excluding hydrogens is 254 g/mol. The summed E-state index contributed by atoms with van der Waals surface area (Å²) in [7, 11) is 1.74. The van der Waals surface area contributed by atoms with Crippen LogP contribution in [0, 0.1) is 16.7 Å². The molecule has 5 nitrogen and oxygen atoms in total. The van der Waals surface area contributed by atoms with Crippen LogP contribution in [0.2, 0.25) is 0 Å². The van der Waals surface area contributed by atoms with Crippen LogP contribution >= 0.6 is 0 Å². The Morgan fingerprint density at radius 1 is 1.35 bits per heavy atom. The van der Waals surface area contributed by atoms with Gasteiger partial charge in [0.25, 0.3) is 0 Å². The zero-order valence-corrected chi connectivity index (χ0v) is 12.6. The molecule has 20 heavy (non-hydrogen) atoms. The van der Waals surface area contributed by atoms with E-state index in [0.717, 1.165) is 45.2 Å². The van der Waals surface area contributed by atoms with Crippen molar-refractivity contribution in [2.45, 2.75) is 51.0 Å². The number of nitriles is 1. The van der Waals surface area contributed by atoms with Gasteiger partial charge in [-0.25, -0.2) is 4.79 Å². The molecule has 1 N–H and O–H groups in total. The monoisotopic (exact) mass is 279 g/mol. The lowest BCUT2D eigenvalue weighted by atomic mass is 9.97. The second kappa shape index (κ2) is 6.01. The Hall–Kier alpha value is -1.28. The Kier molecular flexibility index (Phi) is 4.54. The molecule has 0 aromatic rings. The van der Waals surface area contributed by atoms with Crippen LogP contribution in [-0.2, 0) is 4.74 Å². The summed E-state index contributed by atoms with van der Waals surface area (Å²) >= 11 is 0. The third kappa shape index (κ3) is 3.63. The fourth-order valence-electron chi connectivity index (χ4n) is 2.79. The number of amides is 2. The molecule has 1 atom stereocenters. The second-order valence-corrected chi connectivity index (χ2v) is 6.49. The van der Waals surface area contributed by atoms with Gasteiger partial charge in [0.15, 0.2) is 0 Å². The van der Waals surface area contributed by atoms with E-state index in [1.807, 2.05) is 4.90 Å². The number of urea groups is 1. The standard InChI is InChI=1S/C15H25N3O2/c1-14(20-2)4-3-10-18(11-8-14)13(19)17-12-15(5-6-15)7-9-16/h3-8,10-12H2,1-2H3,(H,17,19)/t14-/m0/s1. The van der Waals surface area contributed by atoms with Gasteiger partial charge in [-0.05, 0) is 39.0 Å². The molecule has 0 bridgehead atoms. The summed E-state index contributed by atoms with van der Waals surface area (Å²) < 4.78 is 5.55. The van der Waals surface area contributed by atoms with Crippen LogP contribution in [0.25, 0.3) is 0 Å². The van der Waals surface area contributed by atoms with Crippen molar-refractivity contribution in [2.75, 3.05) is 26.7 Å². The Morgan fingerprint density at radius 3 is 2.70 bits per heavy atom. The average Bonchev–Trinajstić information content (AvgIpc) is 3.22. The van der Waals surface area contributed by atoms with Crippen molar-refractivity contribution in [3.05, 3.63) is 0 Å². The van der Waals surface area contributed by atoms with Crippen molar-refractivity contribution in [1.82, 2.24) is 10.2 Å². The van der Waals surface area contributed by atoms with Gasteiger partial charge in [-0.1, -0.05) is 0 Å². The molecule has 2 aliphatic rings. The van der Waals surface area contributed by atoms with E-state index in [9.17, 15) is 4.79 Å². The SMILES string of the molecule is CO[C@@]1(C)CCCN(C(=O)NCC2(CC#N)CC2)CC1. The molecule has 0 radical (unpaired) electrons. The maximum absolute atomic E-state index is 12.2. The van der Waals surface area contributed by atoms with Crippen molar-refractivity contribution in [3.8, 4) is 6.07 Å². The van der Waals surface area contributed by atoms with Gasteiger partial charge in [-0.2, -0.15) is 5.26 Å². The molecule has 0 unspecified atom stereocenters. The maximum atomic E-state index is 12.2. The number of carbonyl (C=O) groups excluding carboxylic acids is 1. The molecule has 112 valence electrons. The molecule has 1 heterocycles. The van der Waals surface area contributed by atoms with Gasteiger partial charge < -0.3 is 15.0 Å². The molecular formula is C15H25N3O2. The third-order valence-electron chi connectivity index (χ3n) is 4.85. The highest BCUT2D eigenvalue weighted by Gasteiger charge is 2.42. The number of ether oxygens (including phenoxy) is 1. The highest BCUT2D eigenvalue weighted by atomic mass is 16.5. The summed E-state index contributed by atoms with van der Waals surface area (Å²) in [6, 6.07) is 2.23. The van der Waals surface area contributed by atoms with Gasteiger partial charge in [0.2, 0.25) is 0 Å². The van der Waals surface area contributed by atoms with Crippen LogP contribution in [0.1, 0.15) is 45.4 Å². The van der Waals surface area contributed by atoms with E-state index >= 15 is 0 Å². The Morgan fingerprint density at radius 2 is 2.10 bits per heavy atom. The minimum Gasteiger partial charge on any atom is -0.378 e. The van der Waals surface area contributed by atoms with Crippen molar-refractivity contribution in [3.63, 3.8) is 0 Å². The summed E-state index contributed by atoms with van der Waals surface area (Å²) in [5, 5.41) is 11.8. The molecule has 0 aromatic carbocycles. The first-order valence-corrected chi connectivity index (χ1v) is 7.47. The van der Waals surface area contributed by atoms with Crippen LogP contribution < -0.4 is 5.32 Å². The number of nitrogens with one attached hydrogen (secondary N) is 1. The van der Waals surface area contributed by atoms with E-state index in [1.165, 1.54) is 0 Å². The van der Waals surface area contributed by atoms with Crippen LogP contribution in [0.15, 0.2) is 0 Å². The Balaban J connectivity index is 1.80. The van der Waals surface area contributed by atoms with Crippen molar-refractivity contribution >= 4 is 6.03 Å². The second-order valence-electron chi connectivity index (χ2n) is 6.49. The number of hydrogen-bond donors (Lipinski definition) is 1. The van der Waals surface area contributed by atoms with E-state index < -0.39 is 0 Å². The van der Waals surface area contributed by atoms with Crippen LogP contribution in [-0.4, -0.2) is 43.3 Å². The van der Waals surface area contributed by atoms with Crippen LogP contribution in [0.4, 0.5) is 4.79 Å². The highest BCUT2D eigenvalue weighted by Crippen LogP contribution is 2.47. The van der Waals surface area contributed by atoms with Crippen molar-refractivity contribution < 1.29 is 9.53 Å². The topological polar surface area (TPSA) is 65.4 Å². The Bertz CT molecular complexity index is 400. The fourth-order valence-corrected chi connectivity index (χ4v) is 2.79. The number of likely N-dealkylation sites (tertiary alicyclic amines) is 1. The van der Waals surface area contributed by atoms with Gasteiger partial charge in [0.1, 0.15) is 0 Å². The molecule has 2 amide bonds. The largest absolute Gasteiger partial charge is 0.378 e. The van der Waals surface area contributed by atoms with Crippen molar-refractivity contribution in [1.29, 1.82) is 5.26 Å². The Labute approximate surface area is 121 Å². The number of carbonyl (C=O) groups is 1. The smallest absolute Gasteiger partial charge is 0.317 e. The molecule has 2 fully saturated rings. The van der Waals surface area contributed by atoms with Crippen LogP contribution in [0.5, 0.6) is 0 Å². The minimum atomic E-state index is -0.104. The van der Waals surface area contributed by atoms with E-state index in [4.69, 9.17) is 10.00 Å².